The summed E-state index contributed by atoms with van der Waals surface area (Å²) in [6.45, 7) is 0.369. The number of carbonyl (C=O) groups is 1. The summed E-state index contributed by atoms with van der Waals surface area (Å²) in [7, 11) is 0. The minimum Gasteiger partial charge on any atom is -0.345 e. The van der Waals surface area contributed by atoms with Crippen molar-refractivity contribution in [1.82, 2.24) is 5.32 Å². The number of rotatable bonds is 4. The molecule has 3 heteroatoms. The van der Waals surface area contributed by atoms with Crippen LogP contribution < -0.4 is 5.32 Å². The lowest BCUT2D eigenvalue weighted by molar-refractivity contribution is -0.120. The van der Waals surface area contributed by atoms with Crippen LogP contribution >= 0.6 is 11.6 Å². The first kappa shape index (κ1) is 15.2. The molecule has 0 saturated carbocycles. The number of aryl methyl sites for hydroxylation is 1. The van der Waals surface area contributed by atoms with Crippen molar-refractivity contribution < 1.29 is 4.79 Å². The highest BCUT2D eigenvalue weighted by atomic mass is 35.5. The Kier molecular flexibility index (Phi) is 5.87. The second-order valence-corrected chi connectivity index (χ2v) is 5.01. The van der Waals surface area contributed by atoms with Gasteiger partial charge in [-0.05, 0) is 36.2 Å². The first-order valence-electron chi connectivity index (χ1n) is 6.79. The van der Waals surface area contributed by atoms with E-state index in [9.17, 15) is 4.79 Å². The van der Waals surface area contributed by atoms with Gasteiger partial charge in [0.25, 0.3) is 0 Å². The molecular formula is C18H16ClNO. The molecule has 0 radical (unpaired) electrons. The fraction of sp³-hybridized carbons (Fsp3) is 0.167. The van der Waals surface area contributed by atoms with E-state index in [0.717, 1.165) is 11.1 Å². The van der Waals surface area contributed by atoms with Gasteiger partial charge in [-0.2, -0.15) is 0 Å². The highest BCUT2D eigenvalue weighted by molar-refractivity contribution is 6.30. The van der Waals surface area contributed by atoms with Gasteiger partial charge in [-0.1, -0.05) is 53.8 Å². The zero-order valence-corrected chi connectivity index (χ0v) is 12.4. The minimum atomic E-state index is 0.00677. The van der Waals surface area contributed by atoms with Crippen LogP contribution in [0, 0.1) is 11.8 Å². The number of hydrogen-bond acceptors (Lipinski definition) is 1. The summed E-state index contributed by atoms with van der Waals surface area (Å²) < 4.78 is 0. The predicted octanol–water partition coefficient (Wildman–Crippen LogP) is 3.44. The van der Waals surface area contributed by atoms with Gasteiger partial charge in [-0.15, -0.1) is 0 Å². The quantitative estimate of drug-likeness (QED) is 0.861. The van der Waals surface area contributed by atoms with Gasteiger partial charge in [0.2, 0.25) is 5.91 Å². The number of hydrogen-bond donors (Lipinski definition) is 1. The van der Waals surface area contributed by atoms with Gasteiger partial charge < -0.3 is 5.32 Å². The average molecular weight is 298 g/mol. The molecule has 0 aliphatic heterocycles. The third-order valence-electron chi connectivity index (χ3n) is 2.93. The standard InChI is InChI=1S/C18H16ClNO/c19-17-11-8-16(9-12-17)10-13-18(21)20-14-4-7-15-5-2-1-3-6-15/h1-3,5-6,8-9,11-12H,10,13-14H2,(H,20,21). The summed E-state index contributed by atoms with van der Waals surface area (Å²) in [6, 6.07) is 17.2. The summed E-state index contributed by atoms with van der Waals surface area (Å²) in [5.41, 5.74) is 2.05. The lowest BCUT2D eigenvalue weighted by Crippen LogP contribution is -2.23. The van der Waals surface area contributed by atoms with Crippen LogP contribution in [0.3, 0.4) is 0 Å². The molecule has 2 nitrogen and oxygen atoms in total. The maximum atomic E-state index is 11.7. The molecule has 0 aliphatic rings. The molecule has 106 valence electrons. The van der Waals surface area contributed by atoms with Crippen LogP contribution in [0.1, 0.15) is 17.5 Å². The van der Waals surface area contributed by atoms with Crippen LogP contribution in [-0.4, -0.2) is 12.5 Å². The third kappa shape index (κ3) is 5.72. The Morgan fingerprint density at radius 3 is 2.48 bits per heavy atom. The molecule has 0 saturated heterocycles. The Hall–Kier alpha value is -2.24. The van der Waals surface area contributed by atoms with E-state index in [4.69, 9.17) is 11.6 Å². The first-order valence-corrected chi connectivity index (χ1v) is 7.17. The Balaban J connectivity index is 1.71. The summed E-state index contributed by atoms with van der Waals surface area (Å²) >= 11 is 5.81. The lowest BCUT2D eigenvalue weighted by Gasteiger charge is -2.02. The Bertz CT molecular complexity index is 638. The topological polar surface area (TPSA) is 29.1 Å². The van der Waals surface area contributed by atoms with Gasteiger partial charge in [0.1, 0.15) is 0 Å². The highest BCUT2D eigenvalue weighted by Crippen LogP contribution is 2.10. The molecule has 0 spiro atoms. The van der Waals surface area contributed by atoms with Crippen molar-refractivity contribution in [2.24, 2.45) is 0 Å². The molecule has 0 fully saturated rings. The fourth-order valence-electron chi connectivity index (χ4n) is 1.81. The summed E-state index contributed by atoms with van der Waals surface area (Å²) in [5.74, 6) is 5.95. The molecule has 2 aromatic rings. The van der Waals surface area contributed by atoms with Crippen LogP contribution in [0.15, 0.2) is 54.6 Å². The number of benzene rings is 2. The Labute approximate surface area is 130 Å². The van der Waals surface area contributed by atoms with Gasteiger partial charge in [0.15, 0.2) is 0 Å². The number of nitrogens with one attached hydrogen (secondary N) is 1. The van der Waals surface area contributed by atoms with Crippen molar-refractivity contribution in [1.29, 1.82) is 0 Å². The van der Waals surface area contributed by atoms with Gasteiger partial charge in [-0.3, -0.25) is 4.79 Å². The molecule has 0 heterocycles. The average Bonchev–Trinajstić information content (AvgIpc) is 2.52. The van der Waals surface area contributed by atoms with Crippen LogP contribution in [0.5, 0.6) is 0 Å². The van der Waals surface area contributed by atoms with Crippen LogP contribution in [-0.2, 0) is 11.2 Å². The number of halogens is 1. The molecule has 0 aliphatic carbocycles. The van der Waals surface area contributed by atoms with E-state index in [1.807, 2.05) is 54.6 Å². The molecular weight excluding hydrogens is 282 g/mol. The van der Waals surface area contributed by atoms with E-state index in [1.165, 1.54) is 0 Å². The van der Waals surface area contributed by atoms with Gasteiger partial charge in [0, 0.05) is 17.0 Å². The van der Waals surface area contributed by atoms with E-state index < -0.39 is 0 Å². The SMILES string of the molecule is O=C(CCc1ccc(Cl)cc1)NCC#Cc1ccccc1. The van der Waals surface area contributed by atoms with Crippen LogP contribution in [0.4, 0.5) is 0 Å². The third-order valence-corrected chi connectivity index (χ3v) is 3.19. The van der Waals surface area contributed by atoms with Crippen molar-refractivity contribution in [3.8, 4) is 11.8 Å². The molecule has 0 aromatic heterocycles. The second-order valence-electron chi connectivity index (χ2n) is 4.57. The van der Waals surface area contributed by atoms with E-state index in [2.05, 4.69) is 17.2 Å². The maximum absolute atomic E-state index is 11.7. The zero-order chi connectivity index (χ0) is 14.9. The molecule has 2 aromatic carbocycles. The van der Waals surface area contributed by atoms with Gasteiger partial charge in [0.05, 0.1) is 6.54 Å². The Morgan fingerprint density at radius 2 is 1.76 bits per heavy atom. The maximum Gasteiger partial charge on any atom is 0.221 e. The van der Waals surface area contributed by atoms with Gasteiger partial charge >= 0.3 is 0 Å². The van der Waals surface area contributed by atoms with Crippen molar-refractivity contribution in [2.45, 2.75) is 12.8 Å². The van der Waals surface area contributed by atoms with Crippen molar-refractivity contribution in [2.75, 3.05) is 6.54 Å². The number of carbonyl (C=O) groups excluding carboxylic acids is 1. The van der Waals surface area contributed by atoms with Crippen LogP contribution in [0.2, 0.25) is 5.02 Å². The first-order chi connectivity index (χ1) is 10.2. The molecule has 0 atom stereocenters. The second kappa shape index (κ2) is 8.14. The molecule has 1 N–H and O–H groups in total. The normalized spacial score (nSPS) is 9.57. The lowest BCUT2D eigenvalue weighted by atomic mass is 10.1. The molecule has 0 unspecified atom stereocenters. The van der Waals surface area contributed by atoms with Crippen molar-refractivity contribution in [3.05, 3.63) is 70.7 Å². The molecule has 0 bridgehead atoms. The summed E-state index contributed by atoms with van der Waals surface area (Å²) in [5, 5.41) is 3.50. The van der Waals surface area contributed by atoms with E-state index >= 15 is 0 Å². The zero-order valence-electron chi connectivity index (χ0n) is 11.6. The monoisotopic (exact) mass is 297 g/mol. The predicted molar refractivity (Wildman–Crippen MR) is 86.1 cm³/mol. The molecule has 1 amide bonds. The van der Waals surface area contributed by atoms with Crippen molar-refractivity contribution >= 4 is 17.5 Å². The fourth-order valence-corrected chi connectivity index (χ4v) is 1.93. The molecule has 2 rings (SSSR count). The van der Waals surface area contributed by atoms with E-state index in [-0.39, 0.29) is 5.91 Å². The van der Waals surface area contributed by atoms with Crippen molar-refractivity contribution in [3.63, 3.8) is 0 Å². The van der Waals surface area contributed by atoms with E-state index in [0.29, 0.717) is 24.4 Å². The number of amides is 1. The van der Waals surface area contributed by atoms with Gasteiger partial charge in [-0.25, -0.2) is 0 Å². The Morgan fingerprint density at radius 1 is 1.05 bits per heavy atom. The van der Waals surface area contributed by atoms with Crippen LogP contribution in [0.25, 0.3) is 0 Å². The highest BCUT2D eigenvalue weighted by Gasteiger charge is 2.00. The van der Waals surface area contributed by atoms with E-state index in [1.54, 1.807) is 0 Å². The summed E-state index contributed by atoms with van der Waals surface area (Å²) in [6.07, 6.45) is 1.16. The smallest absolute Gasteiger partial charge is 0.221 e. The molecule has 21 heavy (non-hydrogen) atoms. The largest absolute Gasteiger partial charge is 0.345 e. The minimum absolute atomic E-state index is 0.00677. The summed E-state index contributed by atoms with van der Waals surface area (Å²) in [4.78, 5) is 11.7.